The van der Waals surface area contributed by atoms with Crippen molar-refractivity contribution in [2.75, 3.05) is 6.54 Å². The van der Waals surface area contributed by atoms with Gasteiger partial charge < -0.3 is 10.4 Å². The van der Waals surface area contributed by atoms with Crippen molar-refractivity contribution in [2.24, 2.45) is 0 Å². The molecule has 2 aromatic carbocycles. The molecule has 0 unspecified atom stereocenters. The molecule has 3 aromatic rings. The largest absolute Gasteiger partial charge is 0.480 e. The van der Waals surface area contributed by atoms with E-state index in [1.54, 1.807) is 48.2 Å². The zero-order valence-electron chi connectivity index (χ0n) is 18.9. The third-order valence-electron chi connectivity index (χ3n) is 5.14. The summed E-state index contributed by atoms with van der Waals surface area (Å²) in [6.07, 6.45) is 1.26. The number of nitrogens with one attached hydrogen (secondary N) is 1. The quantitative estimate of drug-likeness (QED) is 0.443. The highest BCUT2D eigenvalue weighted by atomic mass is 19.1. The molecule has 0 aliphatic heterocycles. The van der Waals surface area contributed by atoms with Crippen molar-refractivity contribution in [2.45, 2.75) is 33.5 Å². The first kappa shape index (κ1) is 24.7. The minimum Gasteiger partial charge on any atom is -0.480 e. The number of hydrogen-bond donors (Lipinski definition) is 2. The molecule has 9 heteroatoms. The molecule has 1 heterocycles. The molecule has 0 saturated carbocycles. The first-order valence-electron chi connectivity index (χ1n) is 10.6. The second-order valence-corrected chi connectivity index (χ2v) is 7.95. The van der Waals surface area contributed by atoms with E-state index < -0.39 is 11.9 Å². The monoisotopic (exact) mass is 464 g/mol. The van der Waals surface area contributed by atoms with Crippen molar-refractivity contribution in [3.8, 4) is 0 Å². The summed E-state index contributed by atoms with van der Waals surface area (Å²) in [6.45, 7) is 3.61. The molecule has 1 aromatic heterocycles. The highest BCUT2D eigenvalue weighted by Gasteiger charge is 2.15. The van der Waals surface area contributed by atoms with Crippen molar-refractivity contribution in [1.29, 1.82) is 0 Å². The predicted molar refractivity (Wildman–Crippen MR) is 123 cm³/mol. The third-order valence-corrected chi connectivity index (χ3v) is 5.14. The van der Waals surface area contributed by atoms with Gasteiger partial charge in [-0.05, 0) is 42.7 Å². The van der Waals surface area contributed by atoms with Gasteiger partial charge in [0.05, 0.1) is 12.2 Å². The fraction of sp³-hybridized carbons (Fsp3) is 0.240. The van der Waals surface area contributed by atoms with Gasteiger partial charge in [0, 0.05) is 25.2 Å². The fourth-order valence-corrected chi connectivity index (χ4v) is 3.39. The Morgan fingerprint density at radius 1 is 1.00 bits per heavy atom. The lowest BCUT2D eigenvalue weighted by Gasteiger charge is -2.20. The number of hydrogen-bond acceptors (Lipinski definition) is 6. The van der Waals surface area contributed by atoms with Gasteiger partial charge in [0.25, 0.3) is 5.91 Å². The van der Waals surface area contributed by atoms with Crippen LogP contribution in [0.25, 0.3) is 0 Å². The van der Waals surface area contributed by atoms with Crippen LogP contribution in [0.15, 0.2) is 54.9 Å². The first-order chi connectivity index (χ1) is 16.2. The number of aryl methyl sites for hydroxylation is 1. The lowest BCUT2D eigenvalue weighted by Crippen LogP contribution is -2.30. The van der Waals surface area contributed by atoms with E-state index in [1.165, 1.54) is 25.4 Å². The first-order valence-corrected chi connectivity index (χ1v) is 10.6. The van der Waals surface area contributed by atoms with Crippen molar-refractivity contribution in [3.63, 3.8) is 0 Å². The average Bonchev–Trinajstić information content (AvgIpc) is 2.79. The average molecular weight is 464 g/mol. The summed E-state index contributed by atoms with van der Waals surface area (Å²) in [6, 6.07) is 13.1. The Kier molecular flexibility index (Phi) is 8.15. The van der Waals surface area contributed by atoms with Crippen molar-refractivity contribution in [1.82, 2.24) is 20.2 Å². The topological polar surface area (TPSA) is 112 Å². The molecule has 0 bridgehead atoms. The number of carboxylic acids is 1. The van der Waals surface area contributed by atoms with Gasteiger partial charge in [-0.3, -0.25) is 19.3 Å². The van der Waals surface area contributed by atoms with Crippen LogP contribution < -0.4 is 5.32 Å². The fourth-order valence-electron chi connectivity index (χ4n) is 3.39. The van der Waals surface area contributed by atoms with E-state index in [2.05, 4.69) is 15.3 Å². The summed E-state index contributed by atoms with van der Waals surface area (Å²) >= 11 is 0. The molecule has 0 aliphatic rings. The van der Waals surface area contributed by atoms with Crippen molar-refractivity contribution in [3.05, 3.63) is 94.3 Å². The Labute approximate surface area is 196 Å². The summed E-state index contributed by atoms with van der Waals surface area (Å²) in [5, 5.41) is 12.0. The van der Waals surface area contributed by atoms with Crippen LogP contribution in [0.2, 0.25) is 0 Å². The second-order valence-electron chi connectivity index (χ2n) is 7.95. The van der Waals surface area contributed by atoms with Crippen molar-refractivity contribution < 1.29 is 23.9 Å². The molecular formula is C25H25FN4O4. The number of carbonyl (C=O) groups excluding carboxylic acids is 2. The van der Waals surface area contributed by atoms with E-state index >= 15 is 0 Å². The van der Waals surface area contributed by atoms with E-state index in [0.29, 0.717) is 23.4 Å². The number of rotatable bonds is 10. The maximum absolute atomic E-state index is 13.4. The highest BCUT2D eigenvalue weighted by molar-refractivity contribution is 5.94. The van der Waals surface area contributed by atoms with Gasteiger partial charge in [-0.15, -0.1) is 0 Å². The molecule has 2 N–H and O–H groups in total. The summed E-state index contributed by atoms with van der Waals surface area (Å²) in [5.41, 5.74) is 3.29. The van der Waals surface area contributed by atoms with E-state index in [-0.39, 0.29) is 36.9 Å². The Bertz CT molecular complexity index is 1200. The molecule has 8 nitrogen and oxygen atoms in total. The van der Waals surface area contributed by atoms with E-state index in [4.69, 9.17) is 0 Å². The number of Topliss-reactive ketones (excluding diaryl/α,β-unsaturated/α-hetero) is 1. The normalized spacial score (nSPS) is 10.8. The number of aliphatic carboxylic acids is 1. The molecule has 176 valence electrons. The van der Waals surface area contributed by atoms with Gasteiger partial charge in [0.2, 0.25) is 0 Å². The van der Waals surface area contributed by atoms with E-state index in [9.17, 15) is 23.9 Å². The minimum atomic E-state index is -0.998. The SMILES string of the molecule is CC(=O)c1ccc(CN(CC(=O)O)Cc2cc(C(=O)NCc3ccc(F)c(C)c3)ncn2)cc1. The van der Waals surface area contributed by atoms with Gasteiger partial charge in [-0.1, -0.05) is 36.4 Å². The van der Waals surface area contributed by atoms with Gasteiger partial charge >= 0.3 is 5.97 Å². The van der Waals surface area contributed by atoms with Gasteiger partial charge in [-0.25, -0.2) is 14.4 Å². The highest BCUT2D eigenvalue weighted by Crippen LogP contribution is 2.12. The smallest absolute Gasteiger partial charge is 0.317 e. The molecule has 0 spiro atoms. The maximum atomic E-state index is 13.4. The molecule has 0 atom stereocenters. The molecular weight excluding hydrogens is 439 g/mol. The number of aromatic nitrogens is 2. The van der Waals surface area contributed by atoms with Gasteiger partial charge in [0.15, 0.2) is 5.78 Å². The number of carbonyl (C=O) groups is 3. The lowest BCUT2D eigenvalue weighted by molar-refractivity contribution is -0.138. The van der Waals surface area contributed by atoms with Crippen LogP contribution in [0.3, 0.4) is 0 Å². The van der Waals surface area contributed by atoms with Crippen LogP contribution in [0, 0.1) is 12.7 Å². The number of halogens is 1. The third kappa shape index (κ3) is 7.01. The van der Waals surface area contributed by atoms with E-state index in [1.807, 2.05) is 0 Å². The molecule has 0 radical (unpaired) electrons. The molecule has 1 amide bonds. The number of amides is 1. The Morgan fingerprint density at radius 3 is 2.35 bits per heavy atom. The van der Waals surface area contributed by atoms with Gasteiger partial charge in [-0.2, -0.15) is 0 Å². The molecule has 3 rings (SSSR count). The molecule has 0 aliphatic carbocycles. The predicted octanol–water partition coefficient (Wildman–Crippen LogP) is 3.14. The van der Waals surface area contributed by atoms with Crippen LogP contribution in [0.5, 0.6) is 0 Å². The summed E-state index contributed by atoms with van der Waals surface area (Å²) in [7, 11) is 0. The standard InChI is InChI=1S/C25H25FN4O4/c1-16-9-19(5-8-22(16)26)11-27-25(34)23-10-21(28-15-29-23)13-30(14-24(32)33)12-18-3-6-20(7-4-18)17(2)31/h3-10,15H,11-14H2,1-2H3,(H,27,34)(H,32,33). The van der Waals surface area contributed by atoms with E-state index in [0.717, 1.165) is 11.1 Å². The maximum Gasteiger partial charge on any atom is 0.317 e. The number of carboxylic acid groups (broad SMARTS) is 1. The summed E-state index contributed by atoms with van der Waals surface area (Å²) < 4.78 is 13.4. The van der Waals surface area contributed by atoms with Crippen LogP contribution >= 0.6 is 0 Å². The molecule has 34 heavy (non-hydrogen) atoms. The number of ketones is 1. The minimum absolute atomic E-state index is 0.0460. The summed E-state index contributed by atoms with van der Waals surface area (Å²) in [5.74, 6) is -1.77. The number of benzene rings is 2. The Morgan fingerprint density at radius 2 is 1.71 bits per heavy atom. The molecule has 0 saturated heterocycles. The van der Waals surface area contributed by atoms with Gasteiger partial charge in [0.1, 0.15) is 17.8 Å². The summed E-state index contributed by atoms with van der Waals surface area (Å²) in [4.78, 5) is 45.2. The zero-order chi connectivity index (χ0) is 24.7. The second kappa shape index (κ2) is 11.2. The van der Waals surface area contributed by atoms with Crippen molar-refractivity contribution >= 4 is 17.7 Å². The van der Waals surface area contributed by atoms with Crippen LogP contribution in [0.4, 0.5) is 4.39 Å². The Balaban J connectivity index is 1.67. The van der Waals surface area contributed by atoms with Crippen LogP contribution in [0.1, 0.15) is 50.2 Å². The van der Waals surface area contributed by atoms with Crippen LogP contribution in [-0.2, 0) is 24.4 Å². The molecule has 0 fully saturated rings. The Hall–Kier alpha value is -3.98. The zero-order valence-corrected chi connectivity index (χ0v) is 18.9. The number of nitrogens with zero attached hydrogens (tertiary/aromatic N) is 3. The van der Waals surface area contributed by atoms with Crippen LogP contribution in [-0.4, -0.2) is 44.2 Å². The lowest BCUT2D eigenvalue weighted by atomic mass is 10.1.